The van der Waals surface area contributed by atoms with E-state index < -0.39 is 26.7 Å². The Kier molecular flexibility index (Phi) is 5.13. The maximum atomic E-state index is 12.8. The Morgan fingerprint density at radius 2 is 1.90 bits per heavy atom. The van der Waals surface area contributed by atoms with Crippen LogP contribution < -0.4 is 0 Å². The molecule has 160 valence electrons. The van der Waals surface area contributed by atoms with E-state index in [-0.39, 0.29) is 40.6 Å². The summed E-state index contributed by atoms with van der Waals surface area (Å²) < 4.78 is 0. The lowest BCUT2D eigenvalue weighted by atomic mass is 9.46. The van der Waals surface area contributed by atoms with Gasteiger partial charge in [-0.05, 0) is 54.7 Å². The number of halogens is 4. The van der Waals surface area contributed by atoms with Gasteiger partial charge >= 0.3 is 0 Å². The number of fused-ring (bicyclic) bond motifs is 5. The molecule has 4 aliphatic rings. The van der Waals surface area contributed by atoms with Gasteiger partial charge in [0.05, 0.1) is 21.5 Å². The van der Waals surface area contributed by atoms with E-state index in [0.29, 0.717) is 19.3 Å². The molecule has 0 aromatic heterocycles. The molecule has 0 saturated heterocycles. The van der Waals surface area contributed by atoms with Crippen LogP contribution in [0.1, 0.15) is 40.0 Å². The summed E-state index contributed by atoms with van der Waals surface area (Å²) in [7, 11) is 0. The molecule has 3 saturated carbocycles. The highest BCUT2D eigenvalue weighted by Crippen LogP contribution is 2.72. The molecule has 0 amide bonds. The maximum absolute atomic E-state index is 12.8. The minimum atomic E-state index is -1.54. The van der Waals surface area contributed by atoms with E-state index in [9.17, 15) is 14.7 Å². The van der Waals surface area contributed by atoms with E-state index in [2.05, 4.69) is 0 Å². The topological polar surface area (TPSA) is 54.4 Å². The summed E-state index contributed by atoms with van der Waals surface area (Å²) in [6, 6.07) is 0. The quantitative estimate of drug-likeness (QED) is 0.574. The Morgan fingerprint density at radius 3 is 2.52 bits per heavy atom. The first-order valence-corrected chi connectivity index (χ1v) is 11.9. The Hall–Kier alpha value is -0.0600. The van der Waals surface area contributed by atoms with E-state index in [1.165, 1.54) is 0 Å². The van der Waals surface area contributed by atoms with Gasteiger partial charge in [0.2, 0.25) is 0 Å². The fraction of sp³-hybridized carbons (Fsp3) is 0.727. The number of hydrogen-bond acceptors (Lipinski definition) is 3. The highest BCUT2D eigenvalue weighted by molar-refractivity contribution is 6.34. The number of carbonyl (C=O) groups is 2. The first-order valence-electron chi connectivity index (χ1n) is 10.1. The number of allylic oxidation sites excluding steroid dienone is 4. The van der Waals surface area contributed by atoms with Gasteiger partial charge in [0, 0.05) is 10.8 Å². The van der Waals surface area contributed by atoms with Crippen molar-refractivity contribution in [2.24, 2.45) is 28.6 Å². The number of Topliss-reactive ketones (excluding diaryl/α,β-unsaturated/α-hetero) is 1. The van der Waals surface area contributed by atoms with Crippen LogP contribution in [0.4, 0.5) is 0 Å². The standard InChI is InChI=1S/C22H26Cl4O3/c1-11-6-13-14-8-16(24)15-7-12(27)4-5-19(15,2)21(14,26)17(25)9-20(13,3)22(11,29)18(28)10-23/h4-5,7,11,13-14,16-17,29H,6,8-10H2,1-3H3/t11?,13-,14-,16?,17?,19-,20-,21-,22-/m0/s1. The number of rotatable bonds is 2. The summed E-state index contributed by atoms with van der Waals surface area (Å²) in [5.74, 6) is -1.09. The van der Waals surface area contributed by atoms with Crippen LogP contribution in [0.3, 0.4) is 0 Å². The molecule has 1 N–H and O–H groups in total. The molecular formula is C22H26Cl4O3. The van der Waals surface area contributed by atoms with Crippen LogP contribution in [0.5, 0.6) is 0 Å². The van der Waals surface area contributed by atoms with Crippen molar-refractivity contribution in [2.75, 3.05) is 5.88 Å². The van der Waals surface area contributed by atoms with Gasteiger partial charge in [0.25, 0.3) is 0 Å². The van der Waals surface area contributed by atoms with Gasteiger partial charge in [-0.25, -0.2) is 0 Å². The maximum Gasteiger partial charge on any atom is 0.179 e. The summed E-state index contributed by atoms with van der Waals surface area (Å²) in [4.78, 5) is 24.0. The second-order valence-corrected chi connectivity index (χ2v) is 11.7. The van der Waals surface area contributed by atoms with Crippen molar-refractivity contribution in [2.45, 2.75) is 61.3 Å². The predicted octanol–water partition coefficient (Wildman–Crippen LogP) is 4.88. The Bertz CT molecular complexity index is 840. The molecule has 0 heterocycles. The molecule has 0 aliphatic heterocycles. The third-order valence-electron chi connectivity index (χ3n) is 8.71. The first-order chi connectivity index (χ1) is 13.4. The monoisotopic (exact) mass is 478 g/mol. The van der Waals surface area contributed by atoms with Crippen LogP contribution in [0.15, 0.2) is 23.8 Å². The second-order valence-electron chi connectivity index (χ2n) is 9.77. The fourth-order valence-electron chi connectivity index (χ4n) is 7.17. The van der Waals surface area contributed by atoms with Crippen molar-refractivity contribution >= 4 is 58.0 Å². The van der Waals surface area contributed by atoms with E-state index in [1.54, 1.807) is 12.2 Å². The van der Waals surface area contributed by atoms with Crippen molar-refractivity contribution in [1.82, 2.24) is 0 Å². The second kappa shape index (κ2) is 6.72. The van der Waals surface area contributed by atoms with Crippen LogP contribution in [0.25, 0.3) is 0 Å². The zero-order chi connectivity index (χ0) is 21.6. The molecule has 0 bridgehead atoms. The zero-order valence-corrected chi connectivity index (χ0v) is 19.7. The molecule has 0 aromatic carbocycles. The molecule has 3 unspecified atom stereocenters. The van der Waals surface area contributed by atoms with E-state index in [4.69, 9.17) is 46.4 Å². The summed E-state index contributed by atoms with van der Waals surface area (Å²) in [5.41, 5.74) is -2.14. The molecule has 0 radical (unpaired) electrons. The van der Waals surface area contributed by atoms with Crippen LogP contribution >= 0.6 is 46.4 Å². The average Bonchev–Trinajstić information content (AvgIpc) is 2.86. The van der Waals surface area contributed by atoms with Crippen LogP contribution in [0.2, 0.25) is 0 Å². The van der Waals surface area contributed by atoms with Crippen LogP contribution in [-0.4, -0.2) is 43.8 Å². The minimum absolute atomic E-state index is 0.0344. The van der Waals surface area contributed by atoms with Gasteiger partial charge in [0.1, 0.15) is 5.60 Å². The van der Waals surface area contributed by atoms with Crippen LogP contribution in [0, 0.1) is 28.6 Å². The fourth-order valence-corrected chi connectivity index (χ4v) is 9.06. The number of aliphatic hydroxyl groups is 1. The largest absolute Gasteiger partial charge is 0.381 e. The van der Waals surface area contributed by atoms with Gasteiger partial charge in [-0.1, -0.05) is 26.8 Å². The van der Waals surface area contributed by atoms with Crippen molar-refractivity contribution in [3.8, 4) is 0 Å². The van der Waals surface area contributed by atoms with E-state index in [0.717, 1.165) is 5.57 Å². The number of hydrogen-bond donors (Lipinski definition) is 1. The number of alkyl halides is 4. The molecule has 3 fully saturated rings. The lowest BCUT2D eigenvalue weighted by molar-refractivity contribution is -0.162. The molecular weight excluding hydrogens is 454 g/mol. The van der Waals surface area contributed by atoms with Crippen molar-refractivity contribution in [3.05, 3.63) is 23.8 Å². The normalized spacial score (nSPS) is 53.7. The van der Waals surface area contributed by atoms with Gasteiger partial charge in [-0.2, -0.15) is 0 Å². The third-order valence-corrected chi connectivity index (χ3v) is 10.9. The third kappa shape index (κ3) is 2.49. The zero-order valence-electron chi connectivity index (χ0n) is 16.7. The molecule has 9 atom stereocenters. The van der Waals surface area contributed by atoms with Crippen molar-refractivity contribution in [1.29, 1.82) is 0 Å². The summed E-state index contributed by atoms with van der Waals surface area (Å²) in [6.07, 6.45) is 6.59. The van der Waals surface area contributed by atoms with Gasteiger partial charge in [0.15, 0.2) is 11.6 Å². The average molecular weight is 480 g/mol. The Labute approximate surface area is 191 Å². The molecule has 4 aliphatic carbocycles. The first kappa shape index (κ1) is 22.1. The predicted molar refractivity (Wildman–Crippen MR) is 117 cm³/mol. The summed E-state index contributed by atoms with van der Waals surface area (Å²) >= 11 is 27.2. The van der Waals surface area contributed by atoms with E-state index in [1.807, 2.05) is 26.8 Å². The van der Waals surface area contributed by atoms with Crippen molar-refractivity contribution < 1.29 is 14.7 Å². The van der Waals surface area contributed by atoms with Crippen LogP contribution in [-0.2, 0) is 9.59 Å². The Balaban J connectivity index is 1.87. The molecule has 7 heteroatoms. The minimum Gasteiger partial charge on any atom is -0.381 e. The SMILES string of the molecule is CC1C[C@H]2[C@@H]3CC(Cl)C4=CC(=O)C=C[C@]4(C)[C@@]3(Cl)C(Cl)C[C@]2(C)[C@@]1(O)C(=O)CCl. The smallest absolute Gasteiger partial charge is 0.179 e. The lowest BCUT2D eigenvalue weighted by Crippen LogP contribution is -2.68. The van der Waals surface area contributed by atoms with Gasteiger partial charge in [-0.3, -0.25) is 9.59 Å². The number of ketones is 2. The van der Waals surface area contributed by atoms with Gasteiger partial charge < -0.3 is 5.11 Å². The molecule has 29 heavy (non-hydrogen) atoms. The summed E-state index contributed by atoms with van der Waals surface area (Å²) in [5, 5.41) is 10.8. The summed E-state index contributed by atoms with van der Waals surface area (Å²) in [6.45, 7) is 5.86. The van der Waals surface area contributed by atoms with Gasteiger partial charge in [-0.15, -0.1) is 46.4 Å². The Morgan fingerprint density at radius 1 is 1.24 bits per heavy atom. The van der Waals surface area contributed by atoms with Crippen molar-refractivity contribution in [3.63, 3.8) is 0 Å². The highest BCUT2D eigenvalue weighted by atomic mass is 35.5. The molecule has 0 aromatic rings. The van der Waals surface area contributed by atoms with E-state index >= 15 is 0 Å². The number of carbonyl (C=O) groups excluding carboxylic acids is 2. The molecule has 0 spiro atoms. The molecule has 4 rings (SSSR count). The highest BCUT2D eigenvalue weighted by Gasteiger charge is 2.75. The molecule has 3 nitrogen and oxygen atoms in total. The lowest BCUT2D eigenvalue weighted by Gasteiger charge is -2.64.